The molecule has 0 aliphatic heterocycles. The second kappa shape index (κ2) is 6.96. The fourth-order valence-electron chi connectivity index (χ4n) is 1.65. The van der Waals surface area contributed by atoms with Crippen LogP contribution in [0.25, 0.3) is 6.08 Å². The van der Waals surface area contributed by atoms with Crippen molar-refractivity contribution < 1.29 is 14.7 Å². The zero-order valence-electron chi connectivity index (χ0n) is 12.0. The predicted octanol–water partition coefficient (Wildman–Crippen LogP) is 3.62. The molecule has 6 heteroatoms. The summed E-state index contributed by atoms with van der Waals surface area (Å²) in [7, 11) is 0. The molecule has 1 atom stereocenters. The first kappa shape index (κ1) is 17.5. The van der Waals surface area contributed by atoms with Crippen LogP contribution in [0.3, 0.4) is 0 Å². The maximum atomic E-state index is 11.8. The van der Waals surface area contributed by atoms with E-state index in [9.17, 15) is 9.59 Å². The van der Waals surface area contributed by atoms with E-state index in [2.05, 4.69) is 5.32 Å². The minimum Gasteiger partial charge on any atom is -0.480 e. The Kier molecular flexibility index (Phi) is 5.81. The van der Waals surface area contributed by atoms with E-state index < -0.39 is 23.3 Å². The average Bonchev–Trinajstić information content (AvgIpc) is 2.35. The van der Waals surface area contributed by atoms with Crippen LogP contribution < -0.4 is 5.32 Å². The van der Waals surface area contributed by atoms with Crippen molar-refractivity contribution in [2.24, 2.45) is 5.41 Å². The minimum absolute atomic E-state index is 0.453. The van der Waals surface area contributed by atoms with Crippen molar-refractivity contribution in [1.29, 1.82) is 0 Å². The Morgan fingerprint density at radius 1 is 1.29 bits per heavy atom. The van der Waals surface area contributed by atoms with Crippen LogP contribution in [0.5, 0.6) is 0 Å². The van der Waals surface area contributed by atoms with Crippen LogP contribution in [-0.2, 0) is 9.59 Å². The molecule has 1 amide bonds. The molecule has 0 spiro atoms. The Labute approximate surface area is 133 Å². The molecule has 0 heterocycles. The Morgan fingerprint density at radius 3 is 2.43 bits per heavy atom. The van der Waals surface area contributed by atoms with Gasteiger partial charge in [-0.1, -0.05) is 44.0 Å². The molecular formula is C15H17Cl2NO3. The van der Waals surface area contributed by atoms with Gasteiger partial charge in [-0.15, -0.1) is 0 Å². The number of carbonyl (C=O) groups is 2. The summed E-state index contributed by atoms with van der Waals surface area (Å²) in [5.41, 5.74) is -0.00907. The van der Waals surface area contributed by atoms with E-state index in [0.717, 1.165) is 0 Å². The number of halogens is 2. The van der Waals surface area contributed by atoms with Gasteiger partial charge in [-0.2, -0.15) is 0 Å². The number of hydrogen-bond donors (Lipinski definition) is 2. The van der Waals surface area contributed by atoms with Gasteiger partial charge in [0, 0.05) is 16.1 Å². The molecule has 0 radical (unpaired) electrons. The minimum atomic E-state index is -1.08. The van der Waals surface area contributed by atoms with Crippen LogP contribution in [-0.4, -0.2) is 23.0 Å². The van der Waals surface area contributed by atoms with Gasteiger partial charge < -0.3 is 10.4 Å². The normalized spacial score (nSPS) is 13.2. The SMILES string of the molecule is CC(C)(C)C(NC(=O)/C=C/c1cc(Cl)ccc1Cl)C(=O)O. The smallest absolute Gasteiger partial charge is 0.326 e. The first-order chi connectivity index (χ1) is 9.61. The summed E-state index contributed by atoms with van der Waals surface area (Å²) < 4.78 is 0. The molecule has 2 N–H and O–H groups in total. The van der Waals surface area contributed by atoms with Gasteiger partial charge in [-0.25, -0.2) is 4.79 Å². The number of rotatable bonds is 4. The maximum absolute atomic E-state index is 11.8. The number of aliphatic carboxylic acids is 1. The van der Waals surface area contributed by atoms with E-state index in [0.29, 0.717) is 15.6 Å². The van der Waals surface area contributed by atoms with Crippen LogP contribution in [0.4, 0.5) is 0 Å². The topological polar surface area (TPSA) is 66.4 Å². The average molecular weight is 330 g/mol. The first-order valence-corrected chi connectivity index (χ1v) is 7.03. The summed E-state index contributed by atoms with van der Waals surface area (Å²) in [6.45, 7) is 5.22. The number of carboxylic acids is 1. The van der Waals surface area contributed by atoms with Crippen LogP contribution in [0.15, 0.2) is 24.3 Å². The number of carbonyl (C=O) groups excluding carboxylic acids is 1. The lowest BCUT2D eigenvalue weighted by Gasteiger charge is -2.27. The van der Waals surface area contributed by atoms with Gasteiger partial charge in [0.2, 0.25) is 5.91 Å². The molecule has 4 nitrogen and oxygen atoms in total. The van der Waals surface area contributed by atoms with Crippen LogP contribution in [0.1, 0.15) is 26.3 Å². The zero-order chi connectivity index (χ0) is 16.2. The van der Waals surface area contributed by atoms with Gasteiger partial charge in [0.05, 0.1) is 0 Å². The molecule has 114 valence electrons. The largest absolute Gasteiger partial charge is 0.480 e. The van der Waals surface area contributed by atoms with Gasteiger partial charge in [-0.05, 0) is 35.3 Å². The number of nitrogens with one attached hydrogen (secondary N) is 1. The van der Waals surface area contributed by atoms with E-state index >= 15 is 0 Å². The van der Waals surface area contributed by atoms with E-state index in [1.165, 1.54) is 12.2 Å². The highest BCUT2D eigenvalue weighted by molar-refractivity contribution is 6.34. The predicted molar refractivity (Wildman–Crippen MR) is 84.5 cm³/mol. The molecule has 1 unspecified atom stereocenters. The van der Waals surface area contributed by atoms with Gasteiger partial charge in [0.15, 0.2) is 0 Å². The van der Waals surface area contributed by atoms with Crippen LogP contribution in [0.2, 0.25) is 10.0 Å². The number of amides is 1. The lowest BCUT2D eigenvalue weighted by molar-refractivity contribution is -0.144. The van der Waals surface area contributed by atoms with Crippen molar-refractivity contribution in [1.82, 2.24) is 5.32 Å². The quantitative estimate of drug-likeness (QED) is 0.829. The van der Waals surface area contributed by atoms with Gasteiger partial charge in [0.25, 0.3) is 0 Å². The molecule has 1 rings (SSSR count). The molecule has 0 aromatic heterocycles. The molecule has 0 fully saturated rings. The molecular weight excluding hydrogens is 313 g/mol. The zero-order valence-corrected chi connectivity index (χ0v) is 13.5. The number of benzene rings is 1. The highest BCUT2D eigenvalue weighted by Gasteiger charge is 2.31. The van der Waals surface area contributed by atoms with Gasteiger partial charge in [0.1, 0.15) is 6.04 Å². The summed E-state index contributed by atoms with van der Waals surface area (Å²) in [4.78, 5) is 23.0. The summed E-state index contributed by atoms with van der Waals surface area (Å²) in [5.74, 6) is -1.58. The molecule has 0 aliphatic carbocycles. The van der Waals surface area contributed by atoms with Crippen LogP contribution in [0, 0.1) is 5.41 Å². The second-order valence-electron chi connectivity index (χ2n) is 5.65. The third-order valence-corrected chi connectivity index (χ3v) is 3.35. The fraction of sp³-hybridized carbons (Fsp3) is 0.333. The molecule has 21 heavy (non-hydrogen) atoms. The van der Waals surface area contributed by atoms with Crippen molar-refractivity contribution >= 4 is 41.2 Å². The molecule has 0 saturated carbocycles. The van der Waals surface area contributed by atoms with E-state index in [1.807, 2.05) is 0 Å². The Hall–Kier alpha value is -1.52. The van der Waals surface area contributed by atoms with Gasteiger partial charge in [-0.3, -0.25) is 4.79 Å². The Bertz CT molecular complexity index is 577. The first-order valence-electron chi connectivity index (χ1n) is 6.27. The summed E-state index contributed by atoms with van der Waals surface area (Å²) in [6, 6.07) is 3.90. The molecule has 1 aromatic rings. The van der Waals surface area contributed by atoms with Crippen molar-refractivity contribution in [3.05, 3.63) is 39.9 Å². The molecule has 0 aliphatic rings. The van der Waals surface area contributed by atoms with Crippen molar-refractivity contribution in [3.8, 4) is 0 Å². The Morgan fingerprint density at radius 2 is 1.90 bits per heavy atom. The van der Waals surface area contributed by atoms with Crippen molar-refractivity contribution in [2.45, 2.75) is 26.8 Å². The summed E-state index contributed by atoms with van der Waals surface area (Å²) in [5, 5.41) is 12.6. The van der Waals surface area contributed by atoms with Crippen molar-refractivity contribution in [3.63, 3.8) is 0 Å². The second-order valence-corrected chi connectivity index (χ2v) is 6.49. The molecule has 0 saturated heterocycles. The van der Waals surface area contributed by atoms with Crippen molar-refractivity contribution in [2.75, 3.05) is 0 Å². The maximum Gasteiger partial charge on any atom is 0.326 e. The van der Waals surface area contributed by atoms with E-state index in [1.54, 1.807) is 39.0 Å². The van der Waals surface area contributed by atoms with Crippen LogP contribution >= 0.6 is 23.2 Å². The highest BCUT2D eigenvalue weighted by Crippen LogP contribution is 2.22. The summed E-state index contributed by atoms with van der Waals surface area (Å²) >= 11 is 11.8. The summed E-state index contributed by atoms with van der Waals surface area (Å²) in [6.07, 6.45) is 2.73. The Balaban J connectivity index is 2.83. The third kappa shape index (κ3) is 5.40. The standard InChI is InChI=1S/C15H17Cl2NO3/c1-15(2,3)13(14(20)21)18-12(19)7-4-9-8-10(16)5-6-11(9)17/h4-8,13H,1-3H3,(H,18,19)(H,20,21)/b7-4+. The number of carboxylic acid groups (broad SMARTS) is 1. The highest BCUT2D eigenvalue weighted by atomic mass is 35.5. The lowest BCUT2D eigenvalue weighted by Crippen LogP contribution is -2.48. The fourth-order valence-corrected chi connectivity index (χ4v) is 2.01. The molecule has 1 aromatic carbocycles. The lowest BCUT2D eigenvalue weighted by atomic mass is 9.87. The number of hydrogen-bond acceptors (Lipinski definition) is 2. The molecule has 0 bridgehead atoms. The van der Waals surface area contributed by atoms with E-state index in [-0.39, 0.29) is 0 Å². The monoisotopic (exact) mass is 329 g/mol. The third-order valence-electron chi connectivity index (χ3n) is 2.77. The van der Waals surface area contributed by atoms with Gasteiger partial charge >= 0.3 is 5.97 Å². The van der Waals surface area contributed by atoms with E-state index in [4.69, 9.17) is 28.3 Å².